The van der Waals surface area contributed by atoms with Crippen LogP contribution in [0.2, 0.25) is 0 Å². The second kappa shape index (κ2) is 5.72. The Morgan fingerprint density at radius 3 is 2.64 bits per heavy atom. The number of phenols is 1. The number of aromatic hydroxyl groups is 1. The molecule has 0 amide bonds. The molecule has 112 valence electrons. The minimum Gasteiger partial charge on any atom is -0.507 e. The highest BCUT2D eigenvalue weighted by molar-refractivity contribution is 5.67. The molecule has 0 aliphatic heterocycles. The van der Waals surface area contributed by atoms with E-state index in [1.54, 1.807) is 24.3 Å². The van der Waals surface area contributed by atoms with Crippen LogP contribution in [0.15, 0.2) is 51.8 Å². The number of nitrogens with one attached hydrogen (secondary N) is 2. The Bertz CT molecular complexity index is 840. The van der Waals surface area contributed by atoms with E-state index in [-0.39, 0.29) is 17.4 Å². The van der Waals surface area contributed by atoms with Crippen molar-refractivity contribution < 1.29 is 14.0 Å². The second-order valence-corrected chi connectivity index (χ2v) is 4.66. The Kier molecular flexibility index (Phi) is 3.61. The van der Waals surface area contributed by atoms with Crippen molar-refractivity contribution in [2.45, 2.75) is 6.54 Å². The lowest BCUT2D eigenvalue weighted by atomic mass is 10.1. The third kappa shape index (κ3) is 2.98. The van der Waals surface area contributed by atoms with Crippen LogP contribution in [0.1, 0.15) is 5.56 Å². The molecule has 0 atom stereocenters. The zero-order valence-electron chi connectivity index (χ0n) is 11.3. The highest BCUT2D eigenvalue weighted by Gasteiger charge is 2.10. The van der Waals surface area contributed by atoms with Gasteiger partial charge in [-0.15, -0.1) is 0 Å². The predicted molar refractivity (Wildman–Crippen MR) is 78.0 cm³/mol. The first-order valence-electron chi connectivity index (χ1n) is 6.49. The maximum absolute atomic E-state index is 12.8. The van der Waals surface area contributed by atoms with Gasteiger partial charge in [0.05, 0.1) is 5.56 Å². The average molecular weight is 301 g/mol. The molecule has 3 aromatic rings. The molecule has 0 saturated carbocycles. The van der Waals surface area contributed by atoms with Crippen LogP contribution in [-0.4, -0.2) is 15.2 Å². The Hall–Kier alpha value is -3.09. The highest BCUT2D eigenvalue weighted by atomic mass is 19.1. The maximum Gasteiger partial charge on any atom is 0.439 e. The van der Waals surface area contributed by atoms with Crippen molar-refractivity contribution in [3.05, 3.63) is 64.4 Å². The Morgan fingerprint density at radius 1 is 1.23 bits per heavy atom. The summed E-state index contributed by atoms with van der Waals surface area (Å²) in [6.07, 6.45) is 0. The van der Waals surface area contributed by atoms with Gasteiger partial charge in [0, 0.05) is 18.3 Å². The van der Waals surface area contributed by atoms with E-state index in [0.717, 1.165) is 5.56 Å². The van der Waals surface area contributed by atoms with E-state index in [9.17, 15) is 14.3 Å². The fraction of sp³-hybridized carbons (Fsp3) is 0.0667. The topological polar surface area (TPSA) is 91.2 Å². The standard InChI is InChI=1S/C15H12FN3O3/c16-10-3-1-9(2-4-10)8-17-11-5-6-12(13(20)7-11)14-18-15(21)22-19-14/h1-7,17,20H,8H2,(H,18,19,21). The fourth-order valence-electron chi connectivity index (χ4n) is 1.99. The van der Waals surface area contributed by atoms with Gasteiger partial charge in [-0.25, -0.2) is 9.18 Å². The summed E-state index contributed by atoms with van der Waals surface area (Å²) in [7, 11) is 0. The van der Waals surface area contributed by atoms with Crippen molar-refractivity contribution in [1.82, 2.24) is 10.1 Å². The zero-order valence-corrected chi connectivity index (χ0v) is 11.3. The first-order valence-corrected chi connectivity index (χ1v) is 6.49. The largest absolute Gasteiger partial charge is 0.507 e. The van der Waals surface area contributed by atoms with E-state index < -0.39 is 5.76 Å². The lowest BCUT2D eigenvalue weighted by Gasteiger charge is -2.08. The molecule has 0 aliphatic carbocycles. The lowest BCUT2D eigenvalue weighted by molar-refractivity contribution is 0.387. The van der Waals surface area contributed by atoms with Gasteiger partial charge < -0.3 is 10.4 Å². The second-order valence-electron chi connectivity index (χ2n) is 4.66. The van der Waals surface area contributed by atoms with Crippen LogP contribution in [-0.2, 0) is 6.54 Å². The summed E-state index contributed by atoms with van der Waals surface area (Å²) in [4.78, 5) is 13.3. The van der Waals surface area contributed by atoms with Crippen LogP contribution in [0.4, 0.5) is 10.1 Å². The summed E-state index contributed by atoms with van der Waals surface area (Å²) in [6.45, 7) is 0.486. The lowest BCUT2D eigenvalue weighted by Crippen LogP contribution is -1.99. The number of hydrogen-bond donors (Lipinski definition) is 3. The van der Waals surface area contributed by atoms with Crippen molar-refractivity contribution in [2.24, 2.45) is 0 Å². The molecule has 2 aromatic carbocycles. The summed E-state index contributed by atoms with van der Waals surface area (Å²) in [6, 6.07) is 11.0. The van der Waals surface area contributed by atoms with Gasteiger partial charge in [-0.05, 0) is 29.8 Å². The number of benzene rings is 2. The minimum absolute atomic E-state index is 0.0475. The summed E-state index contributed by atoms with van der Waals surface area (Å²) >= 11 is 0. The average Bonchev–Trinajstić information content (AvgIpc) is 2.93. The first kappa shape index (κ1) is 13.9. The van der Waals surface area contributed by atoms with E-state index in [4.69, 9.17) is 0 Å². The van der Waals surface area contributed by atoms with Crippen LogP contribution in [0, 0.1) is 5.82 Å². The molecular weight excluding hydrogens is 289 g/mol. The Balaban J connectivity index is 1.74. The molecule has 1 aromatic heterocycles. The normalized spacial score (nSPS) is 10.6. The minimum atomic E-state index is -0.687. The van der Waals surface area contributed by atoms with Gasteiger partial charge in [-0.1, -0.05) is 17.3 Å². The van der Waals surface area contributed by atoms with Gasteiger partial charge in [0.15, 0.2) is 5.82 Å². The summed E-state index contributed by atoms with van der Waals surface area (Å²) in [5.41, 5.74) is 1.94. The van der Waals surface area contributed by atoms with Crippen LogP contribution in [0.3, 0.4) is 0 Å². The van der Waals surface area contributed by atoms with E-state index in [1.807, 2.05) is 0 Å². The molecule has 1 heterocycles. The van der Waals surface area contributed by atoms with Gasteiger partial charge in [-0.3, -0.25) is 9.51 Å². The number of hydrogen-bond acceptors (Lipinski definition) is 5. The molecule has 22 heavy (non-hydrogen) atoms. The molecule has 7 heteroatoms. The SMILES string of the molecule is O=c1[nH]c(-c2ccc(NCc3ccc(F)cc3)cc2O)no1. The third-order valence-electron chi connectivity index (χ3n) is 3.10. The molecule has 0 unspecified atom stereocenters. The van der Waals surface area contributed by atoms with Crippen LogP contribution < -0.4 is 11.1 Å². The monoisotopic (exact) mass is 301 g/mol. The number of phenolic OH excluding ortho intramolecular Hbond substituents is 1. The number of rotatable bonds is 4. The highest BCUT2D eigenvalue weighted by Crippen LogP contribution is 2.29. The molecule has 0 bridgehead atoms. The molecular formula is C15H12FN3O3. The van der Waals surface area contributed by atoms with Gasteiger partial charge >= 0.3 is 5.76 Å². The first-order chi connectivity index (χ1) is 10.6. The number of H-pyrrole nitrogens is 1. The number of halogens is 1. The molecule has 0 spiro atoms. The number of nitrogens with zero attached hydrogens (tertiary/aromatic N) is 1. The summed E-state index contributed by atoms with van der Waals surface area (Å²) < 4.78 is 17.2. The van der Waals surface area contributed by atoms with Gasteiger partial charge in [0.2, 0.25) is 0 Å². The molecule has 0 saturated heterocycles. The van der Waals surface area contributed by atoms with Gasteiger partial charge in [0.1, 0.15) is 11.6 Å². The van der Waals surface area contributed by atoms with Crippen LogP contribution in [0.25, 0.3) is 11.4 Å². The summed E-state index contributed by atoms with van der Waals surface area (Å²) in [5, 5.41) is 16.6. The molecule has 3 N–H and O–H groups in total. The molecule has 0 aliphatic rings. The fourth-order valence-corrected chi connectivity index (χ4v) is 1.99. The molecule has 6 nitrogen and oxygen atoms in total. The van der Waals surface area contributed by atoms with Gasteiger partial charge in [0.25, 0.3) is 0 Å². The van der Waals surface area contributed by atoms with Crippen molar-refractivity contribution in [3.63, 3.8) is 0 Å². The van der Waals surface area contributed by atoms with Crippen LogP contribution >= 0.6 is 0 Å². The Labute approximate surface area is 124 Å². The molecule has 0 radical (unpaired) electrons. The zero-order chi connectivity index (χ0) is 15.5. The van der Waals surface area contributed by atoms with Crippen LogP contribution in [0.5, 0.6) is 5.75 Å². The Morgan fingerprint density at radius 2 is 2.00 bits per heavy atom. The van der Waals surface area contributed by atoms with E-state index in [1.165, 1.54) is 18.2 Å². The molecule has 0 fully saturated rings. The van der Waals surface area contributed by atoms with Crippen molar-refractivity contribution >= 4 is 5.69 Å². The van der Waals surface area contributed by atoms with Crippen molar-refractivity contribution in [1.29, 1.82) is 0 Å². The number of aromatic nitrogens is 2. The third-order valence-corrected chi connectivity index (χ3v) is 3.10. The smallest absolute Gasteiger partial charge is 0.439 e. The maximum atomic E-state index is 12.8. The summed E-state index contributed by atoms with van der Waals surface area (Å²) in [5.74, 6) is -0.860. The van der Waals surface area contributed by atoms with E-state index >= 15 is 0 Å². The number of anilines is 1. The van der Waals surface area contributed by atoms with E-state index in [0.29, 0.717) is 17.8 Å². The number of aromatic amines is 1. The molecule has 3 rings (SSSR count). The van der Waals surface area contributed by atoms with Gasteiger partial charge in [-0.2, -0.15) is 0 Å². The van der Waals surface area contributed by atoms with E-state index in [2.05, 4.69) is 20.0 Å². The van der Waals surface area contributed by atoms with Crippen molar-refractivity contribution in [3.8, 4) is 17.1 Å². The predicted octanol–water partition coefficient (Wildman–Crippen LogP) is 2.49. The van der Waals surface area contributed by atoms with Crippen molar-refractivity contribution in [2.75, 3.05) is 5.32 Å². The quantitative estimate of drug-likeness (QED) is 0.688.